The van der Waals surface area contributed by atoms with Crippen LogP contribution >= 0.6 is 0 Å². The molecule has 3 rings (SSSR count). The molecule has 0 fully saturated rings. The molecule has 0 radical (unpaired) electrons. The standard InChI is InChI=1S/C21H24O2/c1-17-12-13-21(23-15-19-10-6-3-7-11-19)20(17)16-22-14-18-8-4-2-5-9-18/h2-13,17,20-21H,14-16H2,1H3/t17?,20-,21-/m0/s1. The van der Waals surface area contributed by atoms with Gasteiger partial charge < -0.3 is 9.47 Å². The number of rotatable bonds is 7. The van der Waals surface area contributed by atoms with E-state index in [1.807, 2.05) is 36.4 Å². The Bertz CT molecular complexity index is 606. The van der Waals surface area contributed by atoms with E-state index in [4.69, 9.17) is 9.47 Å². The molecular formula is C21H24O2. The fourth-order valence-corrected chi connectivity index (χ4v) is 2.95. The highest BCUT2D eigenvalue weighted by Crippen LogP contribution is 2.29. The monoisotopic (exact) mass is 308 g/mol. The van der Waals surface area contributed by atoms with Gasteiger partial charge in [-0.15, -0.1) is 0 Å². The molecule has 2 aromatic carbocycles. The summed E-state index contributed by atoms with van der Waals surface area (Å²) < 4.78 is 12.0. The molecule has 2 heteroatoms. The van der Waals surface area contributed by atoms with Crippen LogP contribution in [0.3, 0.4) is 0 Å². The summed E-state index contributed by atoms with van der Waals surface area (Å²) in [4.78, 5) is 0. The largest absolute Gasteiger partial charge is 0.376 e. The van der Waals surface area contributed by atoms with Crippen molar-refractivity contribution in [2.24, 2.45) is 11.8 Å². The molecule has 0 N–H and O–H groups in total. The molecule has 0 amide bonds. The van der Waals surface area contributed by atoms with Gasteiger partial charge in [0.2, 0.25) is 0 Å². The van der Waals surface area contributed by atoms with Crippen LogP contribution in [0.2, 0.25) is 0 Å². The minimum Gasteiger partial charge on any atom is -0.376 e. The molecule has 0 spiro atoms. The average Bonchev–Trinajstić information content (AvgIpc) is 2.95. The van der Waals surface area contributed by atoms with Crippen molar-refractivity contribution >= 4 is 0 Å². The van der Waals surface area contributed by atoms with Crippen LogP contribution in [0.1, 0.15) is 18.1 Å². The third-order valence-electron chi connectivity index (χ3n) is 4.41. The highest BCUT2D eigenvalue weighted by molar-refractivity contribution is 5.15. The lowest BCUT2D eigenvalue weighted by atomic mass is 9.96. The fraction of sp³-hybridized carbons (Fsp3) is 0.333. The van der Waals surface area contributed by atoms with Crippen molar-refractivity contribution in [1.29, 1.82) is 0 Å². The van der Waals surface area contributed by atoms with Gasteiger partial charge in [-0.3, -0.25) is 0 Å². The van der Waals surface area contributed by atoms with Gasteiger partial charge in [0, 0.05) is 5.92 Å². The van der Waals surface area contributed by atoms with Crippen molar-refractivity contribution in [3.63, 3.8) is 0 Å². The smallest absolute Gasteiger partial charge is 0.0816 e. The quantitative estimate of drug-likeness (QED) is 0.695. The molecule has 0 heterocycles. The van der Waals surface area contributed by atoms with Crippen LogP contribution in [0.25, 0.3) is 0 Å². The van der Waals surface area contributed by atoms with Gasteiger partial charge in [0.25, 0.3) is 0 Å². The normalized spacial score (nSPS) is 23.3. The van der Waals surface area contributed by atoms with Crippen LogP contribution in [0.4, 0.5) is 0 Å². The average molecular weight is 308 g/mol. The first-order chi connectivity index (χ1) is 11.3. The highest BCUT2D eigenvalue weighted by Gasteiger charge is 2.29. The number of benzene rings is 2. The van der Waals surface area contributed by atoms with Crippen molar-refractivity contribution < 1.29 is 9.47 Å². The molecule has 0 aromatic heterocycles. The molecule has 1 aliphatic rings. The second-order valence-electron chi connectivity index (χ2n) is 6.17. The minimum absolute atomic E-state index is 0.140. The van der Waals surface area contributed by atoms with Gasteiger partial charge >= 0.3 is 0 Å². The van der Waals surface area contributed by atoms with Crippen LogP contribution in [0.15, 0.2) is 72.8 Å². The minimum atomic E-state index is 0.140. The number of hydrogen-bond acceptors (Lipinski definition) is 2. The molecule has 1 aliphatic carbocycles. The summed E-state index contributed by atoms with van der Waals surface area (Å²) in [6.07, 6.45) is 4.57. The van der Waals surface area contributed by atoms with E-state index in [1.165, 1.54) is 11.1 Å². The molecular weight excluding hydrogens is 284 g/mol. The van der Waals surface area contributed by atoms with Crippen molar-refractivity contribution in [2.75, 3.05) is 6.61 Å². The van der Waals surface area contributed by atoms with Gasteiger partial charge in [0.15, 0.2) is 0 Å². The van der Waals surface area contributed by atoms with Crippen molar-refractivity contribution in [3.05, 3.63) is 83.9 Å². The van der Waals surface area contributed by atoms with E-state index in [1.54, 1.807) is 0 Å². The van der Waals surface area contributed by atoms with Gasteiger partial charge in [0.05, 0.1) is 25.9 Å². The summed E-state index contributed by atoms with van der Waals surface area (Å²) in [6.45, 7) is 4.27. The molecule has 3 atom stereocenters. The maximum Gasteiger partial charge on any atom is 0.0816 e. The van der Waals surface area contributed by atoms with E-state index in [-0.39, 0.29) is 6.10 Å². The molecule has 0 bridgehead atoms. The SMILES string of the molecule is CC1C=C[C@H](OCc2ccccc2)[C@H]1COCc1ccccc1. The van der Waals surface area contributed by atoms with Gasteiger partial charge in [-0.05, 0) is 17.0 Å². The maximum atomic E-state index is 6.11. The van der Waals surface area contributed by atoms with Crippen LogP contribution in [0, 0.1) is 11.8 Å². The predicted molar refractivity (Wildman–Crippen MR) is 92.9 cm³/mol. The van der Waals surface area contributed by atoms with E-state index < -0.39 is 0 Å². The molecule has 1 unspecified atom stereocenters. The van der Waals surface area contributed by atoms with Crippen molar-refractivity contribution in [1.82, 2.24) is 0 Å². The third kappa shape index (κ3) is 4.54. The lowest BCUT2D eigenvalue weighted by Gasteiger charge is -2.23. The van der Waals surface area contributed by atoms with Crippen molar-refractivity contribution in [3.8, 4) is 0 Å². The molecule has 23 heavy (non-hydrogen) atoms. The van der Waals surface area contributed by atoms with Gasteiger partial charge in [-0.2, -0.15) is 0 Å². The van der Waals surface area contributed by atoms with Crippen LogP contribution in [-0.2, 0) is 22.7 Å². The molecule has 0 saturated carbocycles. The summed E-state index contributed by atoms with van der Waals surface area (Å²) in [7, 11) is 0. The lowest BCUT2D eigenvalue weighted by Crippen LogP contribution is -2.26. The third-order valence-corrected chi connectivity index (χ3v) is 4.41. The molecule has 0 aliphatic heterocycles. The summed E-state index contributed by atoms with van der Waals surface area (Å²) in [6, 6.07) is 20.6. The van der Waals surface area contributed by atoms with Crippen LogP contribution in [-0.4, -0.2) is 12.7 Å². The summed E-state index contributed by atoms with van der Waals surface area (Å²) in [5, 5.41) is 0. The molecule has 120 valence electrons. The first kappa shape index (κ1) is 16.0. The van der Waals surface area contributed by atoms with Gasteiger partial charge in [-0.25, -0.2) is 0 Å². The van der Waals surface area contributed by atoms with E-state index in [9.17, 15) is 0 Å². The number of allylic oxidation sites excluding steroid dienone is 1. The predicted octanol–water partition coefficient (Wildman–Crippen LogP) is 4.61. The first-order valence-corrected chi connectivity index (χ1v) is 8.28. The van der Waals surface area contributed by atoms with E-state index >= 15 is 0 Å². The van der Waals surface area contributed by atoms with E-state index in [0.717, 1.165) is 6.61 Å². The Morgan fingerprint density at radius 2 is 1.39 bits per heavy atom. The second-order valence-corrected chi connectivity index (χ2v) is 6.17. The Morgan fingerprint density at radius 1 is 0.783 bits per heavy atom. The van der Waals surface area contributed by atoms with Crippen LogP contribution in [0.5, 0.6) is 0 Å². The Morgan fingerprint density at radius 3 is 2.04 bits per heavy atom. The summed E-state index contributed by atoms with van der Waals surface area (Å²) >= 11 is 0. The zero-order valence-electron chi connectivity index (χ0n) is 13.6. The Balaban J connectivity index is 1.48. The number of hydrogen-bond donors (Lipinski definition) is 0. The summed E-state index contributed by atoms with van der Waals surface area (Å²) in [5.74, 6) is 0.883. The first-order valence-electron chi connectivity index (χ1n) is 8.28. The highest BCUT2D eigenvalue weighted by atomic mass is 16.5. The van der Waals surface area contributed by atoms with E-state index in [2.05, 4.69) is 43.3 Å². The lowest BCUT2D eigenvalue weighted by molar-refractivity contribution is -0.0139. The Hall–Kier alpha value is -1.90. The zero-order chi connectivity index (χ0) is 15.9. The Kier molecular flexibility index (Phi) is 5.62. The molecule has 2 nitrogen and oxygen atoms in total. The summed E-state index contributed by atoms with van der Waals surface area (Å²) in [5.41, 5.74) is 2.43. The maximum absolute atomic E-state index is 6.11. The molecule has 0 saturated heterocycles. The fourth-order valence-electron chi connectivity index (χ4n) is 2.95. The van der Waals surface area contributed by atoms with E-state index in [0.29, 0.717) is 25.0 Å². The zero-order valence-corrected chi connectivity index (χ0v) is 13.6. The van der Waals surface area contributed by atoms with Gasteiger partial charge in [0.1, 0.15) is 0 Å². The number of ether oxygens (including phenoxy) is 2. The second kappa shape index (κ2) is 8.09. The van der Waals surface area contributed by atoms with Gasteiger partial charge in [-0.1, -0.05) is 79.7 Å². The van der Waals surface area contributed by atoms with Crippen LogP contribution < -0.4 is 0 Å². The molecule has 2 aromatic rings. The van der Waals surface area contributed by atoms with Crippen molar-refractivity contribution in [2.45, 2.75) is 26.2 Å². The Labute approximate surface area is 138 Å². The topological polar surface area (TPSA) is 18.5 Å².